The van der Waals surface area contributed by atoms with Gasteiger partial charge in [-0.2, -0.15) is 0 Å². The Hall–Kier alpha value is -3.71. The van der Waals surface area contributed by atoms with E-state index in [-0.39, 0.29) is 33.0 Å². The second-order valence-corrected chi connectivity index (χ2v) is 12.5. The maximum atomic E-state index is 13.4. The van der Waals surface area contributed by atoms with Gasteiger partial charge < -0.3 is 25.0 Å². The van der Waals surface area contributed by atoms with Crippen LogP contribution in [0.5, 0.6) is 17.2 Å². The molecule has 0 saturated heterocycles. The highest BCUT2D eigenvalue weighted by Crippen LogP contribution is 2.42. The van der Waals surface area contributed by atoms with Crippen LogP contribution in [0.1, 0.15) is 83.2 Å². The zero-order valence-electron chi connectivity index (χ0n) is 25.0. The van der Waals surface area contributed by atoms with Crippen LogP contribution in [0.25, 0.3) is 0 Å². The van der Waals surface area contributed by atoms with Crippen molar-refractivity contribution < 1.29 is 29.3 Å². The van der Waals surface area contributed by atoms with Crippen LogP contribution in [0, 0.1) is 6.92 Å². The maximum Gasteiger partial charge on any atom is 0.349 e. The van der Waals surface area contributed by atoms with E-state index in [1.54, 1.807) is 37.3 Å². The molecule has 0 radical (unpaired) electrons. The molecule has 0 saturated carbocycles. The molecule has 8 heteroatoms. The summed E-state index contributed by atoms with van der Waals surface area (Å²) in [6.45, 7) is 16.1. The highest BCUT2D eigenvalue weighted by Gasteiger charge is 2.28. The third-order valence-electron chi connectivity index (χ3n) is 6.85. The topological polar surface area (TPSA) is 105 Å². The fourth-order valence-electron chi connectivity index (χ4n) is 4.32. The van der Waals surface area contributed by atoms with Gasteiger partial charge in [0.1, 0.15) is 11.5 Å². The number of hydrogen-bond acceptors (Lipinski definition) is 5. The van der Waals surface area contributed by atoms with Crippen molar-refractivity contribution in [2.45, 2.75) is 84.8 Å². The summed E-state index contributed by atoms with van der Waals surface area (Å²) in [7, 11) is 0. The number of anilines is 1. The van der Waals surface area contributed by atoms with E-state index in [1.807, 2.05) is 19.1 Å². The van der Waals surface area contributed by atoms with E-state index in [1.165, 1.54) is 6.07 Å². The lowest BCUT2D eigenvalue weighted by atomic mass is 9.80. The summed E-state index contributed by atoms with van der Waals surface area (Å²) in [5.41, 5.74) is 2.60. The summed E-state index contributed by atoms with van der Waals surface area (Å²) in [6.07, 6.45) is -1.84. The van der Waals surface area contributed by atoms with E-state index in [0.29, 0.717) is 23.3 Å². The number of carboxylic acid groups (broad SMARTS) is 1. The van der Waals surface area contributed by atoms with Crippen LogP contribution in [0.3, 0.4) is 0 Å². The van der Waals surface area contributed by atoms with E-state index in [2.05, 4.69) is 52.9 Å². The lowest BCUT2D eigenvalue weighted by molar-refractivity contribution is -0.145. The molecular formula is C33H40ClNO6. The Morgan fingerprint density at radius 3 is 2.10 bits per heavy atom. The highest BCUT2D eigenvalue weighted by molar-refractivity contribution is 6.33. The first-order valence-electron chi connectivity index (χ1n) is 13.6. The Balaban J connectivity index is 1.92. The van der Waals surface area contributed by atoms with Gasteiger partial charge >= 0.3 is 5.97 Å². The summed E-state index contributed by atoms with van der Waals surface area (Å²) in [4.78, 5) is 25.4. The number of phenols is 1. The summed E-state index contributed by atoms with van der Waals surface area (Å²) in [5.74, 6) is -1.32. The van der Waals surface area contributed by atoms with Crippen molar-refractivity contribution in [3.05, 3.63) is 81.9 Å². The Bertz CT molecular complexity index is 1410. The van der Waals surface area contributed by atoms with E-state index < -0.39 is 24.1 Å². The van der Waals surface area contributed by atoms with Crippen LogP contribution in [0.15, 0.2) is 54.6 Å². The average Bonchev–Trinajstić information content (AvgIpc) is 2.90. The van der Waals surface area contributed by atoms with Crippen molar-refractivity contribution in [3.63, 3.8) is 0 Å². The molecule has 7 nitrogen and oxygen atoms in total. The zero-order valence-corrected chi connectivity index (χ0v) is 25.7. The molecule has 0 bridgehead atoms. The van der Waals surface area contributed by atoms with E-state index in [9.17, 15) is 19.8 Å². The van der Waals surface area contributed by atoms with Crippen LogP contribution in [-0.4, -0.2) is 28.2 Å². The van der Waals surface area contributed by atoms with Gasteiger partial charge in [-0.05, 0) is 41.4 Å². The largest absolute Gasteiger partial charge is 0.504 e. The number of carbonyl (C=O) groups is 2. The molecule has 0 aromatic heterocycles. The van der Waals surface area contributed by atoms with Gasteiger partial charge in [-0.15, -0.1) is 0 Å². The number of ether oxygens (including phenoxy) is 2. The molecule has 3 N–H and O–H groups in total. The number of carbonyl (C=O) groups excluding carboxylic acids is 1. The molecular weight excluding hydrogens is 542 g/mol. The molecule has 2 unspecified atom stereocenters. The summed E-state index contributed by atoms with van der Waals surface area (Å²) < 4.78 is 12.1. The molecule has 3 aromatic carbocycles. The first-order chi connectivity index (χ1) is 19.0. The second kappa shape index (κ2) is 12.4. The molecule has 3 rings (SSSR count). The SMILES string of the molecule is CCC(Oc1ccc(C(C)(C)C)cc1C(C)(C)C)C(=O)Nc1cc(OC(C(=O)O)c2ccccc2)c(C)c(Cl)c1O. The van der Waals surface area contributed by atoms with Crippen LogP contribution in [0.2, 0.25) is 5.02 Å². The summed E-state index contributed by atoms with van der Waals surface area (Å²) in [6, 6.07) is 15.9. The minimum absolute atomic E-state index is 0.0148. The number of amides is 1. The maximum absolute atomic E-state index is 13.4. The molecule has 0 heterocycles. The Morgan fingerprint density at radius 1 is 0.927 bits per heavy atom. The number of aromatic hydroxyl groups is 1. The van der Waals surface area contributed by atoms with Crippen LogP contribution < -0.4 is 14.8 Å². The quantitative estimate of drug-likeness (QED) is 0.221. The number of halogens is 1. The number of nitrogens with one attached hydrogen (secondary N) is 1. The first-order valence-corrected chi connectivity index (χ1v) is 14.0. The minimum atomic E-state index is -1.32. The molecule has 0 fully saturated rings. The van der Waals surface area contributed by atoms with Crippen molar-refractivity contribution >= 4 is 29.2 Å². The molecule has 0 aliphatic heterocycles. The molecule has 3 aromatic rings. The first kappa shape index (κ1) is 31.8. The summed E-state index contributed by atoms with van der Waals surface area (Å²) in [5, 5.41) is 23.2. The van der Waals surface area contributed by atoms with Crippen LogP contribution in [-0.2, 0) is 20.4 Å². The molecule has 220 valence electrons. The predicted octanol–water partition coefficient (Wildman–Crippen LogP) is 7.95. The standard InChI is InChI=1S/C33H40ClNO6/c1-9-24(40-25-16-15-21(32(3,4)5)17-22(25)33(6,7)8)30(37)35-23-18-26(19(2)27(34)28(23)36)41-29(31(38)39)20-13-11-10-12-14-20/h10-18,24,29,36H,9H2,1-8H3,(H,35,37)(H,38,39). The number of rotatable bonds is 9. The van der Waals surface area contributed by atoms with Gasteiger partial charge in [0.15, 0.2) is 11.9 Å². The third kappa shape index (κ3) is 7.53. The lowest BCUT2D eigenvalue weighted by Gasteiger charge is -2.29. The van der Waals surface area contributed by atoms with Crippen molar-refractivity contribution in [1.29, 1.82) is 0 Å². The third-order valence-corrected chi connectivity index (χ3v) is 7.32. The number of benzene rings is 3. The summed E-state index contributed by atoms with van der Waals surface area (Å²) >= 11 is 6.39. The Labute approximate surface area is 247 Å². The molecule has 1 amide bonds. The fourth-order valence-corrected chi connectivity index (χ4v) is 4.51. The van der Waals surface area contributed by atoms with Crippen molar-refractivity contribution in [2.24, 2.45) is 0 Å². The van der Waals surface area contributed by atoms with Crippen molar-refractivity contribution in [3.8, 4) is 17.2 Å². The number of carboxylic acids is 1. The monoisotopic (exact) mass is 581 g/mol. The van der Waals surface area contributed by atoms with Gasteiger partial charge in [0, 0.05) is 17.2 Å². The zero-order chi connectivity index (χ0) is 30.7. The number of hydrogen-bond donors (Lipinski definition) is 3. The Morgan fingerprint density at radius 2 is 1.56 bits per heavy atom. The normalized spacial score (nSPS) is 13.3. The van der Waals surface area contributed by atoms with E-state index >= 15 is 0 Å². The minimum Gasteiger partial charge on any atom is -0.504 e. The lowest BCUT2D eigenvalue weighted by Crippen LogP contribution is -2.33. The average molecular weight is 582 g/mol. The number of phenolic OH excluding ortho intramolecular Hbond substituents is 1. The molecule has 0 aliphatic rings. The van der Waals surface area contributed by atoms with E-state index in [0.717, 1.165) is 11.1 Å². The smallest absolute Gasteiger partial charge is 0.349 e. The van der Waals surface area contributed by atoms with Gasteiger partial charge in [0.2, 0.25) is 6.10 Å². The highest BCUT2D eigenvalue weighted by atomic mass is 35.5. The molecule has 2 atom stereocenters. The fraction of sp³-hybridized carbons (Fsp3) is 0.394. The van der Waals surface area contributed by atoms with Gasteiger partial charge in [-0.3, -0.25) is 4.79 Å². The Kier molecular flexibility index (Phi) is 9.65. The van der Waals surface area contributed by atoms with Gasteiger partial charge in [0.25, 0.3) is 5.91 Å². The molecule has 0 spiro atoms. The van der Waals surface area contributed by atoms with Crippen molar-refractivity contribution in [1.82, 2.24) is 0 Å². The van der Waals surface area contributed by atoms with Gasteiger partial charge in [-0.1, -0.05) is 103 Å². The van der Waals surface area contributed by atoms with Crippen molar-refractivity contribution in [2.75, 3.05) is 5.32 Å². The molecule has 0 aliphatic carbocycles. The van der Waals surface area contributed by atoms with Gasteiger partial charge in [-0.25, -0.2) is 4.79 Å². The molecule has 41 heavy (non-hydrogen) atoms. The van der Waals surface area contributed by atoms with E-state index in [4.69, 9.17) is 21.1 Å². The van der Waals surface area contributed by atoms with Crippen LogP contribution in [0.4, 0.5) is 5.69 Å². The van der Waals surface area contributed by atoms with Crippen LogP contribution >= 0.6 is 11.6 Å². The number of aliphatic carboxylic acids is 1. The van der Waals surface area contributed by atoms with Gasteiger partial charge in [0.05, 0.1) is 10.7 Å². The predicted molar refractivity (Wildman–Crippen MR) is 162 cm³/mol. The second-order valence-electron chi connectivity index (χ2n) is 12.2.